The van der Waals surface area contributed by atoms with Gasteiger partial charge < -0.3 is 0 Å². The first-order valence-corrected chi connectivity index (χ1v) is 6.39. The number of tetrazole rings is 1. The normalized spacial score (nSPS) is 12.7. The van der Waals surface area contributed by atoms with E-state index < -0.39 is 17.3 Å². The molecule has 0 amide bonds. The molecule has 1 N–H and O–H groups in total. The van der Waals surface area contributed by atoms with Crippen molar-refractivity contribution in [3.8, 4) is 0 Å². The van der Waals surface area contributed by atoms with E-state index in [1.54, 1.807) is 6.92 Å². The molecule has 0 spiro atoms. The maximum atomic E-state index is 13.0. The van der Waals surface area contributed by atoms with Crippen molar-refractivity contribution < 1.29 is 13.2 Å². The molecular weight excluding hydrogens is 283 g/mol. The fraction of sp³-hybridized carbons (Fsp3) is 0.538. The average molecular weight is 299 g/mol. The van der Waals surface area contributed by atoms with Gasteiger partial charge >= 0.3 is 6.18 Å². The fourth-order valence-electron chi connectivity index (χ4n) is 2.15. The monoisotopic (exact) mass is 299 g/mol. The van der Waals surface area contributed by atoms with E-state index in [2.05, 4.69) is 25.6 Å². The van der Waals surface area contributed by atoms with E-state index >= 15 is 0 Å². The number of hydrogen-bond acceptors (Lipinski definition) is 4. The SMILES string of the molecule is Cc1c(Cc2nn[nH]n2)cc(C(F)(F)F)nc1C(C)(C)C. The number of hydrogen-bond donors (Lipinski definition) is 1. The minimum absolute atomic E-state index is 0.178. The number of aromatic nitrogens is 5. The minimum atomic E-state index is -4.49. The lowest BCUT2D eigenvalue weighted by molar-refractivity contribution is -0.141. The predicted octanol–water partition coefficient (Wildman–Crippen LogP) is 2.81. The number of rotatable bonds is 2. The summed E-state index contributed by atoms with van der Waals surface area (Å²) in [7, 11) is 0. The van der Waals surface area contributed by atoms with Crippen LogP contribution in [0.25, 0.3) is 0 Å². The van der Waals surface area contributed by atoms with Crippen molar-refractivity contribution in [2.45, 2.75) is 45.7 Å². The standard InChI is InChI=1S/C13H16F3N5/c1-7-8(6-10-18-20-21-19-10)5-9(13(14,15)16)17-11(7)12(2,3)4/h5H,6H2,1-4H3,(H,18,19,20,21). The summed E-state index contributed by atoms with van der Waals surface area (Å²) in [4.78, 5) is 3.82. The van der Waals surface area contributed by atoms with Crippen LogP contribution in [0.1, 0.15) is 49.1 Å². The zero-order chi connectivity index (χ0) is 15.8. The molecule has 2 aromatic rings. The van der Waals surface area contributed by atoms with Crippen LogP contribution in [0.2, 0.25) is 0 Å². The van der Waals surface area contributed by atoms with Gasteiger partial charge in [-0.3, -0.25) is 0 Å². The van der Waals surface area contributed by atoms with Gasteiger partial charge in [0.15, 0.2) is 5.82 Å². The molecule has 0 fully saturated rings. The van der Waals surface area contributed by atoms with Crippen LogP contribution >= 0.6 is 0 Å². The van der Waals surface area contributed by atoms with E-state index in [9.17, 15) is 13.2 Å². The molecule has 2 rings (SSSR count). The molecule has 0 unspecified atom stereocenters. The second-order valence-electron chi connectivity index (χ2n) is 5.89. The molecule has 2 heterocycles. The van der Waals surface area contributed by atoms with E-state index in [1.165, 1.54) is 0 Å². The first-order chi connectivity index (χ1) is 9.59. The Hall–Kier alpha value is -1.99. The van der Waals surface area contributed by atoms with Crippen LogP contribution in [0, 0.1) is 6.92 Å². The third-order valence-corrected chi connectivity index (χ3v) is 3.12. The zero-order valence-electron chi connectivity index (χ0n) is 12.2. The Bertz CT molecular complexity index is 626. The van der Waals surface area contributed by atoms with Gasteiger partial charge in [-0.15, -0.1) is 10.2 Å². The summed E-state index contributed by atoms with van der Waals surface area (Å²) in [5, 5.41) is 13.3. The topological polar surface area (TPSA) is 67.3 Å². The lowest BCUT2D eigenvalue weighted by Crippen LogP contribution is -2.21. The molecule has 0 aromatic carbocycles. The summed E-state index contributed by atoms with van der Waals surface area (Å²) in [6, 6.07) is 1.06. The Morgan fingerprint density at radius 3 is 2.33 bits per heavy atom. The van der Waals surface area contributed by atoms with Gasteiger partial charge in [0.25, 0.3) is 0 Å². The van der Waals surface area contributed by atoms with Crippen molar-refractivity contribution in [1.82, 2.24) is 25.6 Å². The molecule has 0 aliphatic rings. The number of alkyl halides is 3. The summed E-state index contributed by atoms with van der Waals surface area (Å²) in [5.41, 5.74) is 0.272. The number of aromatic amines is 1. The van der Waals surface area contributed by atoms with Crippen molar-refractivity contribution in [1.29, 1.82) is 0 Å². The largest absolute Gasteiger partial charge is 0.433 e. The molecular formula is C13H16F3N5. The minimum Gasteiger partial charge on any atom is -0.247 e. The highest BCUT2D eigenvalue weighted by Crippen LogP contribution is 2.33. The molecule has 8 heteroatoms. The highest BCUT2D eigenvalue weighted by Gasteiger charge is 2.35. The number of H-pyrrole nitrogens is 1. The second-order valence-corrected chi connectivity index (χ2v) is 5.89. The van der Waals surface area contributed by atoms with Crippen LogP contribution in [-0.2, 0) is 18.0 Å². The highest BCUT2D eigenvalue weighted by molar-refractivity contribution is 5.37. The Morgan fingerprint density at radius 1 is 1.19 bits per heavy atom. The maximum Gasteiger partial charge on any atom is 0.433 e. The average Bonchev–Trinajstić information content (AvgIpc) is 2.81. The molecule has 0 aliphatic heterocycles. The molecule has 0 radical (unpaired) electrons. The van der Waals surface area contributed by atoms with Crippen molar-refractivity contribution in [3.05, 3.63) is 34.4 Å². The van der Waals surface area contributed by atoms with Crippen molar-refractivity contribution >= 4 is 0 Å². The molecule has 21 heavy (non-hydrogen) atoms. The van der Waals surface area contributed by atoms with Gasteiger partial charge in [-0.2, -0.15) is 18.4 Å². The van der Waals surface area contributed by atoms with E-state index in [4.69, 9.17) is 0 Å². The van der Waals surface area contributed by atoms with Crippen LogP contribution in [0.4, 0.5) is 13.2 Å². The molecule has 0 atom stereocenters. The van der Waals surface area contributed by atoms with Gasteiger partial charge in [0.05, 0.1) is 0 Å². The van der Waals surface area contributed by atoms with Gasteiger partial charge in [0.2, 0.25) is 0 Å². The van der Waals surface area contributed by atoms with Gasteiger partial charge in [0.1, 0.15) is 5.69 Å². The van der Waals surface area contributed by atoms with Crippen molar-refractivity contribution in [3.63, 3.8) is 0 Å². The maximum absolute atomic E-state index is 13.0. The molecule has 114 valence electrons. The molecule has 0 saturated heterocycles. The zero-order valence-corrected chi connectivity index (χ0v) is 12.2. The van der Waals surface area contributed by atoms with E-state index in [1.807, 2.05) is 20.8 Å². The third kappa shape index (κ3) is 3.37. The van der Waals surface area contributed by atoms with Gasteiger partial charge in [0, 0.05) is 17.5 Å². The van der Waals surface area contributed by atoms with Crippen LogP contribution in [-0.4, -0.2) is 25.6 Å². The molecule has 0 aliphatic carbocycles. The number of halogens is 3. The Morgan fingerprint density at radius 2 is 1.86 bits per heavy atom. The summed E-state index contributed by atoms with van der Waals surface area (Å²) >= 11 is 0. The van der Waals surface area contributed by atoms with Crippen molar-refractivity contribution in [2.75, 3.05) is 0 Å². The first-order valence-electron chi connectivity index (χ1n) is 6.39. The lowest BCUT2D eigenvalue weighted by Gasteiger charge is -2.23. The summed E-state index contributed by atoms with van der Waals surface area (Å²) in [6.45, 7) is 7.27. The van der Waals surface area contributed by atoms with Crippen LogP contribution in [0.15, 0.2) is 6.07 Å². The molecule has 2 aromatic heterocycles. The molecule has 0 saturated carbocycles. The smallest absolute Gasteiger partial charge is 0.247 e. The van der Waals surface area contributed by atoms with Gasteiger partial charge in [-0.1, -0.05) is 26.0 Å². The van der Waals surface area contributed by atoms with Crippen molar-refractivity contribution in [2.24, 2.45) is 0 Å². The first kappa shape index (κ1) is 15.4. The van der Waals surface area contributed by atoms with E-state index in [-0.39, 0.29) is 6.42 Å². The highest BCUT2D eigenvalue weighted by atomic mass is 19.4. The summed E-state index contributed by atoms with van der Waals surface area (Å²) in [5.74, 6) is 0.345. The number of nitrogens with zero attached hydrogens (tertiary/aromatic N) is 4. The van der Waals surface area contributed by atoms with Crippen LogP contribution < -0.4 is 0 Å². The fourth-order valence-corrected chi connectivity index (χ4v) is 2.15. The number of pyridine rings is 1. The number of nitrogens with one attached hydrogen (secondary N) is 1. The van der Waals surface area contributed by atoms with Gasteiger partial charge in [-0.05, 0) is 24.1 Å². The Kier molecular flexibility index (Phi) is 3.73. The Labute approximate surface area is 120 Å². The lowest BCUT2D eigenvalue weighted by atomic mass is 9.86. The molecule has 5 nitrogen and oxygen atoms in total. The van der Waals surface area contributed by atoms with Crippen LogP contribution in [0.5, 0.6) is 0 Å². The quantitative estimate of drug-likeness (QED) is 0.926. The molecule has 0 bridgehead atoms. The summed E-state index contributed by atoms with van der Waals surface area (Å²) in [6.07, 6.45) is -4.31. The van der Waals surface area contributed by atoms with E-state index in [0.29, 0.717) is 17.1 Å². The van der Waals surface area contributed by atoms with Gasteiger partial charge in [-0.25, -0.2) is 4.98 Å². The summed E-state index contributed by atoms with van der Waals surface area (Å²) < 4.78 is 39.1. The van der Waals surface area contributed by atoms with Crippen LogP contribution in [0.3, 0.4) is 0 Å². The predicted molar refractivity (Wildman–Crippen MR) is 69.7 cm³/mol. The second kappa shape index (κ2) is 5.09. The Balaban J connectivity index is 2.57. The van der Waals surface area contributed by atoms with E-state index in [0.717, 1.165) is 11.6 Å². The third-order valence-electron chi connectivity index (χ3n) is 3.12.